The number of pyridine rings is 2. The van der Waals surface area contributed by atoms with Crippen molar-refractivity contribution in [2.45, 2.75) is 45.7 Å². The van der Waals surface area contributed by atoms with Gasteiger partial charge in [-0.15, -0.1) is 0 Å². The molecule has 40 heavy (non-hydrogen) atoms. The number of aryl methyl sites for hydroxylation is 3. The van der Waals surface area contributed by atoms with Crippen molar-refractivity contribution < 1.29 is 8.60 Å². The van der Waals surface area contributed by atoms with Gasteiger partial charge in [-0.2, -0.15) is 0 Å². The van der Waals surface area contributed by atoms with E-state index in [4.69, 9.17) is 5.14 Å². The molecule has 0 saturated heterocycles. The first-order valence-electron chi connectivity index (χ1n) is 13.0. The summed E-state index contributed by atoms with van der Waals surface area (Å²) in [7, 11) is -0.258. The molecule has 4 aromatic rings. The van der Waals surface area contributed by atoms with Gasteiger partial charge in [-0.25, -0.2) is 28.7 Å². The molecule has 0 aliphatic carbocycles. The molecule has 4 rings (SSSR count). The van der Waals surface area contributed by atoms with Crippen LogP contribution in [0.5, 0.6) is 0 Å². The molecule has 212 valence electrons. The van der Waals surface area contributed by atoms with Crippen molar-refractivity contribution in [1.29, 1.82) is 0 Å². The predicted molar refractivity (Wildman–Crippen MR) is 159 cm³/mol. The van der Waals surface area contributed by atoms with E-state index in [1.54, 1.807) is 44.6 Å². The van der Waals surface area contributed by atoms with Gasteiger partial charge in [-0.05, 0) is 63.9 Å². The molecule has 0 aliphatic rings. The molecule has 0 amide bonds. The van der Waals surface area contributed by atoms with Crippen LogP contribution in [0.1, 0.15) is 42.5 Å². The van der Waals surface area contributed by atoms with E-state index < -0.39 is 22.8 Å². The van der Waals surface area contributed by atoms with Crippen LogP contribution in [0.25, 0.3) is 10.8 Å². The second-order valence-electron chi connectivity index (χ2n) is 9.77. The highest BCUT2D eigenvalue weighted by Gasteiger charge is 2.22. The van der Waals surface area contributed by atoms with Crippen molar-refractivity contribution in [1.82, 2.24) is 19.5 Å². The first kappa shape index (κ1) is 29.1. The third kappa shape index (κ3) is 5.97. The van der Waals surface area contributed by atoms with E-state index >= 15 is 4.39 Å². The molecular weight excluding hydrogens is 531 g/mol. The summed E-state index contributed by atoms with van der Waals surface area (Å²) in [6, 6.07) is 6.62. The first-order chi connectivity index (χ1) is 19.0. The van der Waals surface area contributed by atoms with Crippen molar-refractivity contribution in [3.05, 3.63) is 75.5 Å². The van der Waals surface area contributed by atoms with Crippen molar-refractivity contribution in [3.8, 4) is 0 Å². The third-order valence-corrected chi connectivity index (χ3v) is 7.52. The Labute approximate surface area is 235 Å². The number of rotatable bonds is 10. The Morgan fingerprint density at radius 2 is 1.88 bits per heavy atom. The predicted octanol–water partition coefficient (Wildman–Crippen LogP) is 3.88. The lowest BCUT2D eigenvalue weighted by Crippen LogP contribution is -2.31. The average molecular weight is 567 g/mol. The maximum atomic E-state index is 16.3. The molecule has 3 aromatic heterocycles. The van der Waals surface area contributed by atoms with Crippen LogP contribution >= 0.6 is 0 Å². The van der Waals surface area contributed by atoms with E-state index in [1.165, 1.54) is 4.57 Å². The fraction of sp³-hybridized carbons (Fsp3) is 0.357. The summed E-state index contributed by atoms with van der Waals surface area (Å²) in [5.41, 5.74) is 3.12. The molecule has 1 aromatic carbocycles. The van der Waals surface area contributed by atoms with Gasteiger partial charge >= 0.3 is 0 Å². The Balaban J connectivity index is 1.69. The van der Waals surface area contributed by atoms with E-state index in [2.05, 4.69) is 30.5 Å². The van der Waals surface area contributed by atoms with Gasteiger partial charge in [0.2, 0.25) is 0 Å². The maximum Gasteiger partial charge on any atom is 0.259 e. The molecule has 1 unspecified atom stereocenters. The summed E-state index contributed by atoms with van der Waals surface area (Å²) in [6.45, 7) is 11.0. The highest BCUT2D eigenvalue weighted by Crippen LogP contribution is 2.32. The van der Waals surface area contributed by atoms with Gasteiger partial charge < -0.3 is 15.5 Å². The fourth-order valence-electron chi connectivity index (χ4n) is 4.75. The number of benzene rings is 1. The Morgan fingerprint density at radius 3 is 2.52 bits per heavy atom. The van der Waals surface area contributed by atoms with E-state index in [0.717, 1.165) is 11.3 Å². The number of halogens is 1. The molecule has 12 heteroatoms. The van der Waals surface area contributed by atoms with Gasteiger partial charge in [-0.1, -0.05) is 6.07 Å². The number of anilines is 3. The molecule has 10 nitrogen and oxygen atoms in total. The summed E-state index contributed by atoms with van der Waals surface area (Å²) >= 11 is 0. The highest BCUT2D eigenvalue weighted by molar-refractivity contribution is 7.82. The number of hydrogen-bond acceptors (Lipinski definition) is 8. The highest BCUT2D eigenvalue weighted by atomic mass is 32.2. The number of nitrogens with one attached hydrogen (secondary N) is 2. The smallest absolute Gasteiger partial charge is 0.259 e. The summed E-state index contributed by atoms with van der Waals surface area (Å²) in [4.78, 5) is 28.3. The number of nitrogens with zero attached hydrogens (tertiary/aromatic N) is 5. The number of aromatic nitrogens is 4. The minimum absolute atomic E-state index is 0.103. The number of likely N-dealkylation sites (N-methyl/N-ethyl adjacent to an activating group) is 1. The van der Waals surface area contributed by atoms with Crippen molar-refractivity contribution in [3.63, 3.8) is 0 Å². The fourth-order valence-corrected chi connectivity index (χ4v) is 5.33. The monoisotopic (exact) mass is 566 g/mol. The SMILES string of the molecule is CCN(CCNc1c(F)c2c([C@@H](C)Nc3ccc(C)nc3S(N)=O)cc(C)cc2c(=O)n1C)c1cnc(C)nc1. The molecule has 2 atom stereocenters. The molecular formula is C28H35FN8O2S. The maximum absolute atomic E-state index is 16.3. The summed E-state index contributed by atoms with van der Waals surface area (Å²) in [5.74, 6) is 0.269. The average Bonchev–Trinajstić information content (AvgIpc) is 2.92. The lowest BCUT2D eigenvalue weighted by molar-refractivity contribution is 0.620. The van der Waals surface area contributed by atoms with Gasteiger partial charge in [0.15, 0.2) is 10.8 Å². The van der Waals surface area contributed by atoms with Crippen LogP contribution in [-0.2, 0) is 18.0 Å². The topological polar surface area (TPSA) is 131 Å². The first-order valence-corrected chi connectivity index (χ1v) is 14.2. The van der Waals surface area contributed by atoms with Crippen LogP contribution in [0.2, 0.25) is 0 Å². The zero-order chi connectivity index (χ0) is 29.1. The molecule has 0 radical (unpaired) electrons. The van der Waals surface area contributed by atoms with Gasteiger partial charge in [0.1, 0.15) is 22.6 Å². The van der Waals surface area contributed by atoms with Crippen LogP contribution in [0.3, 0.4) is 0 Å². The summed E-state index contributed by atoms with van der Waals surface area (Å²) in [6.07, 6.45) is 3.52. The van der Waals surface area contributed by atoms with Crippen molar-refractivity contribution in [2.24, 2.45) is 12.2 Å². The van der Waals surface area contributed by atoms with E-state index in [0.29, 0.717) is 42.4 Å². The number of fused-ring (bicyclic) bond motifs is 1. The zero-order valence-corrected chi connectivity index (χ0v) is 24.4. The van der Waals surface area contributed by atoms with Crippen LogP contribution in [0.4, 0.5) is 21.6 Å². The number of nitrogens with two attached hydrogens (primary N) is 1. The van der Waals surface area contributed by atoms with Gasteiger partial charge in [0, 0.05) is 43.8 Å². The Bertz CT molecular complexity index is 1620. The second-order valence-corrected chi connectivity index (χ2v) is 10.7. The largest absolute Gasteiger partial charge is 0.376 e. The van der Waals surface area contributed by atoms with Gasteiger partial charge in [-0.3, -0.25) is 9.36 Å². The van der Waals surface area contributed by atoms with E-state index in [-0.39, 0.29) is 27.2 Å². The Morgan fingerprint density at radius 1 is 1.18 bits per heavy atom. The number of hydrogen-bond donors (Lipinski definition) is 3. The molecule has 0 spiro atoms. The zero-order valence-electron chi connectivity index (χ0n) is 23.6. The minimum atomic E-state index is -1.82. The molecule has 0 saturated carbocycles. The molecule has 0 fully saturated rings. The second kappa shape index (κ2) is 12.1. The quantitative estimate of drug-likeness (QED) is 0.264. The van der Waals surface area contributed by atoms with Crippen LogP contribution in [-0.4, -0.2) is 43.4 Å². The van der Waals surface area contributed by atoms with Crippen LogP contribution < -0.4 is 26.2 Å². The summed E-state index contributed by atoms with van der Waals surface area (Å²) < 4.78 is 29.7. The lowest BCUT2D eigenvalue weighted by atomic mass is 9.97. The van der Waals surface area contributed by atoms with Crippen molar-refractivity contribution >= 4 is 39.0 Å². The molecule has 4 N–H and O–H groups in total. The minimum Gasteiger partial charge on any atom is -0.376 e. The van der Waals surface area contributed by atoms with Crippen LogP contribution in [0.15, 0.2) is 46.5 Å². The molecule has 3 heterocycles. The van der Waals surface area contributed by atoms with Crippen LogP contribution in [0, 0.1) is 26.6 Å². The molecule has 0 bridgehead atoms. The summed E-state index contributed by atoms with van der Waals surface area (Å²) in [5, 5.41) is 12.8. The Hall–Kier alpha value is -3.90. The van der Waals surface area contributed by atoms with Crippen molar-refractivity contribution in [2.75, 3.05) is 35.2 Å². The van der Waals surface area contributed by atoms with Gasteiger partial charge in [0.05, 0.1) is 29.2 Å². The van der Waals surface area contributed by atoms with E-state index in [9.17, 15) is 9.00 Å². The Kier molecular flexibility index (Phi) is 8.79. The molecule has 0 aliphatic heterocycles. The third-order valence-electron chi connectivity index (χ3n) is 6.83. The van der Waals surface area contributed by atoms with E-state index in [1.807, 2.05) is 33.8 Å². The normalized spacial score (nSPS) is 12.8. The lowest BCUT2D eigenvalue weighted by Gasteiger charge is -2.24. The standard InChI is InChI=1S/C28H35FN8O2S/c1-7-37(20-14-32-19(5)33-15-20)11-10-31-26-25(29)24-21(12-16(2)13-22(24)28(38)36(26)6)18(4)35-23-9-8-17(3)34-27(23)40(30)39/h8-9,12-15,18,31,35H,7,10-11,30H2,1-6H3/t18-,40?/m1/s1. The van der Waals surface area contributed by atoms with Gasteiger partial charge in [0.25, 0.3) is 5.56 Å².